The molecule has 0 aromatic carbocycles. The Morgan fingerprint density at radius 3 is 1.86 bits per heavy atom. The van der Waals surface area contributed by atoms with Crippen LogP contribution in [0.3, 0.4) is 0 Å². The van der Waals surface area contributed by atoms with E-state index >= 15 is 0 Å². The molecule has 0 amide bonds. The van der Waals surface area contributed by atoms with E-state index in [2.05, 4.69) is 40.7 Å². The molecule has 0 nitrogen and oxygen atoms in total. The van der Waals surface area contributed by atoms with Crippen molar-refractivity contribution in [1.82, 2.24) is 0 Å². The predicted octanol–water partition coefficient (Wildman–Crippen LogP) is 3.27. The number of halogens is 2. The van der Waals surface area contributed by atoms with Gasteiger partial charge in [-0.05, 0) is 6.42 Å². The van der Waals surface area contributed by atoms with Gasteiger partial charge < -0.3 is 0 Å². The standard InChI is InChI=1S/C4H8.2BrH.Zn/c1-3-4-2;;;/h3H,1,4H2,2H3;2*1H;/q;;;+2/p-2. The Bertz CT molecular complexity index is 30.9. The zero-order valence-corrected chi connectivity index (χ0v) is 10.6. The summed E-state index contributed by atoms with van der Waals surface area (Å²) in [6.45, 7) is 5.54. The topological polar surface area (TPSA) is 0 Å². The molecule has 40 valence electrons. The van der Waals surface area contributed by atoms with Gasteiger partial charge in [0.25, 0.3) is 0 Å². The van der Waals surface area contributed by atoms with Gasteiger partial charge in [0, 0.05) is 0 Å². The molecule has 0 aromatic heterocycles. The molecular weight excluding hydrogens is 273 g/mol. The summed E-state index contributed by atoms with van der Waals surface area (Å²) >= 11 is 6.25. The van der Waals surface area contributed by atoms with Gasteiger partial charge >= 0.3 is 40.5 Å². The van der Waals surface area contributed by atoms with Crippen molar-refractivity contribution in [2.75, 3.05) is 0 Å². The minimum absolute atomic E-state index is 0.250. The monoisotopic (exact) mass is 278 g/mol. The van der Waals surface area contributed by atoms with E-state index in [4.69, 9.17) is 0 Å². The number of allylic oxidation sites excluding steroid dienone is 1. The SMILES string of the molecule is C=CCC.[Br][Zn][Br]. The van der Waals surface area contributed by atoms with Crippen LogP contribution in [0.25, 0.3) is 0 Å². The van der Waals surface area contributed by atoms with Gasteiger partial charge in [0.05, 0.1) is 0 Å². The summed E-state index contributed by atoms with van der Waals surface area (Å²) in [6, 6.07) is 0. The van der Waals surface area contributed by atoms with Crippen molar-refractivity contribution >= 4 is 27.2 Å². The fourth-order valence-electron chi connectivity index (χ4n) is 0. The van der Waals surface area contributed by atoms with Crippen molar-refractivity contribution in [3.05, 3.63) is 12.7 Å². The Morgan fingerprint density at radius 2 is 1.86 bits per heavy atom. The van der Waals surface area contributed by atoms with Crippen LogP contribution >= 0.6 is 27.2 Å². The predicted molar refractivity (Wildman–Crippen MR) is 38.3 cm³/mol. The Labute approximate surface area is 66.1 Å². The first-order valence-electron chi connectivity index (χ1n) is 2.06. The second-order valence-corrected chi connectivity index (χ2v) is 14.9. The quantitative estimate of drug-likeness (QED) is 0.511. The maximum atomic E-state index is 3.48. The molecule has 0 heterocycles. The molecule has 0 fully saturated rings. The van der Waals surface area contributed by atoms with Crippen molar-refractivity contribution in [1.29, 1.82) is 0 Å². The molecule has 0 aliphatic rings. The molecule has 0 spiro atoms. The van der Waals surface area contributed by atoms with Gasteiger partial charge in [0.2, 0.25) is 0 Å². The maximum absolute atomic E-state index is 3.48. The molecule has 0 N–H and O–H groups in total. The van der Waals surface area contributed by atoms with Crippen molar-refractivity contribution in [2.24, 2.45) is 0 Å². The fraction of sp³-hybridized carbons (Fsp3) is 0.500. The molecule has 0 rings (SSSR count). The summed E-state index contributed by atoms with van der Waals surface area (Å²) in [5.41, 5.74) is 0. The summed E-state index contributed by atoms with van der Waals surface area (Å²) < 4.78 is 0. The van der Waals surface area contributed by atoms with E-state index < -0.39 is 0 Å². The van der Waals surface area contributed by atoms with Crippen LogP contribution in [0.15, 0.2) is 12.7 Å². The number of hydrogen-bond donors (Lipinski definition) is 0. The second-order valence-electron chi connectivity index (χ2n) is 0.798. The van der Waals surface area contributed by atoms with Crippen LogP contribution in [0.2, 0.25) is 0 Å². The van der Waals surface area contributed by atoms with Gasteiger partial charge in [-0.15, -0.1) is 6.58 Å². The van der Waals surface area contributed by atoms with Gasteiger partial charge in [-0.3, -0.25) is 0 Å². The molecule has 0 bridgehead atoms. The van der Waals surface area contributed by atoms with Crippen LogP contribution in [0, 0.1) is 0 Å². The number of hydrogen-bond acceptors (Lipinski definition) is 0. The van der Waals surface area contributed by atoms with E-state index in [0.29, 0.717) is 0 Å². The van der Waals surface area contributed by atoms with Crippen molar-refractivity contribution in [2.45, 2.75) is 13.3 Å². The van der Waals surface area contributed by atoms with Gasteiger partial charge in [-0.1, -0.05) is 13.0 Å². The minimum atomic E-state index is -0.250. The zero-order chi connectivity index (χ0) is 6.12. The summed E-state index contributed by atoms with van der Waals surface area (Å²) in [5, 5.41) is 0. The molecule has 0 saturated heterocycles. The molecule has 0 aliphatic heterocycles. The fourth-order valence-corrected chi connectivity index (χ4v) is 0. The second kappa shape index (κ2) is 15.7. The van der Waals surface area contributed by atoms with E-state index in [0.717, 1.165) is 6.42 Å². The van der Waals surface area contributed by atoms with Crippen molar-refractivity contribution < 1.29 is 13.2 Å². The third-order valence-corrected chi connectivity index (χ3v) is 0.289. The average molecular weight is 281 g/mol. The van der Waals surface area contributed by atoms with Gasteiger partial charge in [-0.2, -0.15) is 0 Å². The molecule has 0 radical (unpaired) electrons. The van der Waals surface area contributed by atoms with Crippen LogP contribution in [0.4, 0.5) is 0 Å². The van der Waals surface area contributed by atoms with E-state index in [1.807, 2.05) is 6.08 Å². The average Bonchev–Trinajstić information content (AvgIpc) is 1.69. The van der Waals surface area contributed by atoms with Crippen LogP contribution in [-0.4, -0.2) is 0 Å². The Balaban J connectivity index is 0. The summed E-state index contributed by atoms with van der Waals surface area (Å²) in [6.07, 6.45) is 2.96. The van der Waals surface area contributed by atoms with Crippen molar-refractivity contribution in [3.63, 3.8) is 0 Å². The summed E-state index contributed by atoms with van der Waals surface area (Å²) in [4.78, 5) is 0. The first-order chi connectivity index (χ1) is 3.33. The molecule has 7 heavy (non-hydrogen) atoms. The Kier molecular flexibility index (Phi) is 25.0. The van der Waals surface area contributed by atoms with Gasteiger partial charge in [0.15, 0.2) is 0 Å². The third-order valence-electron chi connectivity index (χ3n) is 0.289. The molecule has 0 aliphatic carbocycles. The van der Waals surface area contributed by atoms with Gasteiger partial charge in [-0.25, -0.2) is 0 Å². The molecular formula is C4H8Br2Zn. The molecule has 0 unspecified atom stereocenters. The van der Waals surface area contributed by atoms with E-state index in [-0.39, 0.29) is 13.2 Å². The summed E-state index contributed by atoms with van der Waals surface area (Å²) in [5.74, 6) is 0. The molecule has 0 atom stereocenters. The van der Waals surface area contributed by atoms with Crippen LogP contribution in [-0.2, 0) is 13.2 Å². The third kappa shape index (κ3) is 38.4. The molecule has 0 saturated carbocycles. The van der Waals surface area contributed by atoms with Crippen LogP contribution in [0.5, 0.6) is 0 Å². The first-order valence-corrected chi connectivity index (χ1v) is 16.0. The van der Waals surface area contributed by atoms with Gasteiger partial charge in [0.1, 0.15) is 0 Å². The van der Waals surface area contributed by atoms with E-state index in [1.165, 1.54) is 0 Å². The molecule has 0 aromatic rings. The Morgan fingerprint density at radius 1 is 1.71 bits per heavy atom. The molecule has 3 heteroatoms. The normalized spacial score (nSPS) is 5.00. The zero-order valence-electron chi connectivity index (χ0n) is 4.45. The van der Waals surface area contributed by atoms with Crippen molar-refractivity contribution in [3.8, 4) is 0 Å². The summed E-state index contributed by atoms with van der Waals surface area (Å²) in [7, 11) is 0. The van der Waals surface area contributed by atoms with E-state index in [1.54, 1.807) is 0 Å². The Hall–Kier alpha value is 1.32. The van der Waals surface area contributed by atoms with Crippen LogP contribution in [0.1, 0.15) is 13.3 Å². The first kappa shape index (κ1) is 11.2. The van der Waals surface area contributed by atoms with E-state index in [9.17, 15) is 0 Å². The van der Waals surface area contributed by atoms with Crippen LogP contribution < -0.4 is 0 Å². The number of rotatable bonds is 1.